The number of nitrogens with zero attached hydrogens (tertiary/aromatic N) is 2. The first-order valence-electron chi connectivity index (χ1n) is 9.46. The third-order valence-corrected chi connectivity index (χ3v) is 6.09. The Bertz CT molecular complexity index is 1020. The number of hydrogen-bond acceptors (Lipinski definition) is 4. The molecule has 29 heavy (non-hydrogen) atoms. The Morgan fingerprint density at radius 1 is 1.10 bits per heavy atom. The number of anilines is 1. The highest BCUT2D eigenvalue weighted by Gasteiger charge is 2.25. The lowest BCUT2D eigenvalue weighted by Gasteiger charge is -2.26. The number of carbonyl (C=O) groups is 2. The molecule has 0 bridgehead atoms. The van der Waals surface area contributed by atoms with Gasteiger partial charge >= 0.3 is 0 Å². The number of rotatable bonds is 5. The maximum absolute atomic E-state index is 12.7. The molecule has 1 aromatic heterocycles. The van der Waals surface area contributed by atoms with E-state index in [-0.39, 0.29) is 11.8 Å². The molecule has 1 aliphatic rings. The van der Waals surface area contributed by atoms with Crippen molar-refractivity contribution in [2.75, 3.05) is 11.9 Å². The molecule has 0 radical (unpaired) electrons. The SMILES string of the molecule is O=C(CCc1ccc(Cl)cc1)Nc1nc2c(s1)CN(C(=O)c1ccccc1)CC2. The van der Waals surface area contributed by atoms with Crippen LogP contribution in [0.3, 0.4) is 0 Å². The fourth-order valence-electron chi connectivity index (χ4n) is 3.28. The highest BCUT2D eigenvalue weighted by molar-refractivity contribution is 7.15. The summed E-state index contributed by atoms with van der Waals surface area (Å²) in [5.41, 5.74) is 2.73. The largest absolute Gasteiger partial charge is 0.333 e. The predicted molar refractivity (Wildman–Crippen MR) is 115 cm³/mol. The van der Waals surface area contributed by atoms with Crippen molar-refractivity contribution in [3.05, 3.63) is 81.3 Å². The second-order valence-corrected chi connectivity index (χ2v) is 8.43. The third-order valence-electron chi connectivity index (χ3n) is 4.84. The van der Waals surface area contributed by atoms with E-state index in [1.165, 1.54) is 11.3 Å². The molecule has 0 saturated heterocycles. The van der Waals surface area contributed by atoms with E-state index in [2.05, 4.69) is 10.3 Å². The number of benzene rings is 2. The van der Waals surface area contributed by atoms with Gasteiger partial charge in [-0.1, -0.05) is 53.3 Å². The number of aromatic nitrogens is 1. The zero-order chi connectivity index (χ0) is 20.2. The Balaban J connectivity index is 1.35. The van der Waals surface area contributed by atoms with E-state index in [0.29, 0.717) is 48.1 Å². The molecule has 0 atom stereocenters. The summed E-state index contributed by atoms with van der Waals surface area (Å²) in [6.07, 6.45) is 1.73. The van der Waals surface area contributed by atoms with Crippen molar-refractivity contribution >= 4 is 39.9 Å². The second-order valence-electron chi connectivity index (χ2n) is 6.91. The first-order valence-corrected chi connectivity index (χ1v) is 10.6. The molecule has 2 heterocycles. The molecule has 1 aliphatic heterocycles. The van der Waals surface area contributed by atoms with Crippen LogP contribution in [0.15, 0.2) is 54.6 Å². The minimum Gasteiger partial charge on any atom is -0.333 e. The molecule has 0 aliphatic carbocycles. The molecule has 148 valence electrons. The quantitative estimate of drug-likeness (QED) is 0.651. The van der Waals surface area contributed by atoms with Crippen molar-refractivity contribution in [3.63, 3.8) is 0 Å². The molecular formula is C22H20ClN3O2S. The highest BCUT2D eigenvalue weighted by atomic mass is 35.5. The number of aryl methyl sites for hydroxylation is 1. The first kappa shape index (κ1) is 19.6. The van der Waals surface area contributed by atoms with Gasteiger partial charge in [-0.2, -0.15) is 0 Å². The van der Waals surface area contributed by atoms with Crippen LogP contribution in [0.4, 0.5) is 5.13 Å². The Hall–Kier alpha value is -2.70. The van der Waals surface area contributed by atoms with Crippen LogP contribution in [0.1, 0.15) is 32.9 Å². The van der Waals surface area contributed by atoms with Crippen LogP contribution in [0.2, 0.25) is 5.02 Å². The van der Waals surface area contributed by atoms with Crippen LogP contribution in [-0.4, -0.2) is 28.2 Å². The second kappa shape index (κ2) is 8.76. The van der Waals surface area contributed by atoms with Gasteiger partial charge in [0.1, 0.15) is 0 Å². The summed E-state index contributed by atoms with van der Waals surface area (Å²) in [7, 11) is 0. The Labute approximate surface area is 178 Å². The third kappa shape index (κ3) is 4.83. The molecule has 4 rings (SSSR count). The van der Waals surface area contributed by atoms with Crippen LogP contribution >= 0.6 is 22.9 Å². The lowest BCUT2D eigenvalue weighted by atomic mass is 10.1. The minimum atomic E-state index is -0.0664. The number of fused-ring (bicyclic) bond motifs is 1. The van der Waals surface area contributed by atoms with Gasteiger partial charge in [-0.15, -0.1) is 0 Å². The van der Waals surface area contributed by atoms with Gasteiger partial charge in [-0.3, -0.25) is 9.59 Å². The molecule has 2 aromatic carbocycles. The Kier molecular flexibility index (Phi) is 5.92. The van der Waals surface area contributed by atoms with Crippen molar-refractivity contribution in [1.29, 1.82) is 0 Å². The van der Waals surface area contributed by atoms with E-state index < -0.39 is 0 Å². The molecular weight excluding hydrogens is 406 g/mol. The number of amides is 2. The normalized spacial score (nSPS) is 13.1. The first-order chi connectivity index (χ1) is 14.1. The molecule has 2 amide bonds. The highest BCUT2D eigenvalue weighted by Crippen LogP contribution is 2.29. The smallest absolute Gasteiger partial charge is 0.254 e. The lowest BCUT2D eigenvalue weighted by molar-refractivity contribution is -0.116. The summed E-state index contributed by atoms with van der Waals surface area (Å²) in [5, 5.41) is 4.18. The summed E-state index contributed by atoms with van der Waals surface area (Å²) in [6, 6.07) is 16.8. The van der Waals surface area contributed by atoms with Crippen molar-refractivity contribution in [1.82, 2.24) is 9.88 Å². The van der Waals surface area contributed by atoms with Gasteiger partial charge in [0.05, 0.1) is 12.2 Å². The maximum atomic E-state index is 12.7. The monoisotopic (exact) mass is 425 g/mol. The van der Waals surface area contributed by atoms with Gasteiger partial charge in [-0.05, 0) is 36.2 Å². The average molecular weight is 426 g/mol. The van der Waals surface area contributed by atoms with E-state index in [1.807, 2.05) is 59.5 Å². The number of nitrogens with one attached hydrogen (secondary N) is 1. The lowest BCUT2D eigenvalue weighted by Crippen LogP contribution is -2.35. The molecule has 1 N–H and O–H groups in total. The van der Waals surface area contributed by atoms with Crippen LogP contribution in [0, 0.1) is 0 Å². The van der Waals surface area contributed by atoms with Crippen LogP contribution < -0.4 is 5.32 Å². The van der Waals surface area contributed by atoms with Gasteiger partial charge in [0, 0.05) is 34.8 Å². The van der Waals surface area contributed by atoms with E-state index in [4.69, 9.17) is 11.6 Å². The predicted octanol–water partition coefficient (Wildman–Crippen LogP) is 4.57. The number of halogens is 1. The molecule has 7 heteroatoms. The summed E-state index contributed by atoms with van der Waals surface area (Å²) in [6.45, 7) is 1.16. The summed E-state index contributed by atoms with van der Waals surface area (Å²) >= 11 is 7.33. The fraction of sp³-hybridized carbons (Fsp3) is 0.227. The summed E-state index contributed by atoms with van der Waals surface area (Å²) < 4.78 is 0. The van der Waals surface area contributed by atoms with E-state index in [9.17, 15) is 9.59 Å². The van der Waals surface area contributed by atoms with Crippen LogP contribution in [0.25, 0.3) is 0 Å². The van der Waals surface area contributed by atoms with Gasteiger partial charge in [-0.25, -0.2) is 4.98 Å². The Morgan fingerprint density at radius 2 is 1.86 bits per heavy atom. The minimum absolute atomic E-state index is 0.0261. The summed E-state index contributed by atoms with van der Waals surface area (Å²) in [5.74, 6) is -0.0403. The zero-order valence-corrected chi connectivity index (χ0v) is 17.3. The molecule has 0 fully saturated rings. The van der Waals surface area contributed by atoms with Gasteiger partial charge in [0.2, 0.25) is 5.91 Å². The van der Waals surface area contributed by atoms with E-state index in [0.717, 1.165) is 16.1 Å². The van der Waals surface area contributed by atoms with Gasteiger partial charge in [0.25, 0.3) is 5.91 Å². The Morgan fingerprint density at radius 3 is 2.62 bits per heavy atom. The topological polar surface area (TPSA) is 62.3 Å². The van der Waals surface area contributed by atoms with Crippen molar-refractivity contribution in [2.45, 2.75) is 25.8 Å². The van der Waals surface area contributed by atoms with Gasteiger partial charge in [0.15, 0.2) is 5.13 Å². The van der Waals surface area contributed by atoms with Gasteiger partial charge < -0.3 is 10.2 Å². The average Bonchev–Trinajstić information content (AvgIpc) is 3.14. The molecule has 0 unspecified atom stereocenters. The van der Waals surface area contributed by atoms with E-state index >= 15 is 0 Å². The van der Waals surface area contributed by atoms with Crippen molar-refractivity contribution in [2.24, 2.45) is 0 Å². The van der Waals surface area contributed by atoms with Crippen LogP contribution in [-0.2, 0) is 24.2 Å². The fourth-order valence-corrected chi connectivity index (χ4v) is 4.44. The number of carbonyl (C=O) groups excluding carboxylic acids is 2. The standard InChI is InChI=1S/C22H20ClN3O2S/c23-17-9-6-15(7-10-17)8-11-20(27)25-22-24-18-12-13-26(14-19(18)29-22)21(28)16-4-2-1-3-5-16/h1-7,9-10H,8,11-14H2,(H,24,25,27). The van der Waals surface area contributed by atoms with Crippen molar-refractivity contribution in [3.8, 4) is 0 Å². The summed E-state index contributed by atoms with van der Waals surface area (Å²) in [4.78, 5) is 32.4. The maximum Gasteiger partial charge on any atom is 0.254 e. The molecule has 3 aromatic rings. The van der Waals surface area contributed by atoms with E-state index in [1.54, 1.807) is 0 Å². The van der Waals surface area contributed by atoms with Crippen LogP contribution in [0.5, 0.6) is 0 Å². The van der Waals surface area contributed by atoms with Crippen molar-refractivity contribution < 1.29 is 9.59 Å². The number of thiazole rings is 1. The molecule has 0 saturated carbocycles. The molecule has 5 nitrogen and oxygen atoms in total. The molecule has 0 spiro atoms. The zero-order valence-electron chi connectivity index (χ0n) is 15.7. The number of hydrogen-bond donors (Lipinski definition) is 1.